The van der Waals surface area contributed by atoms with Crippen molar-refractivity contribution in [3.8, 4) is 0 Å². The first-order valence-electron chi connectivity index (χ1n) is 12.9. The van der Waals surface area contributed by atoms with Crippen LogP contribution >= 0.6 is 0 Å². The highest BCUT2D eigenvalue weighted by Crippen LogP contribution is 2.55. The van der Waals surface area contributed by atoms with E-state index in [0.29, 0.717) is 44.0 Å². The van der Waals surface area contributed by atoms with E-state index in [1.54, 1.807) is 0 Å². The van der Waals surface area contributed by atoms with E-state index in [1.165, 1.54) is 5.56 Å². The van der Waals surface area contributed by atoms with E-state index in [0.717, 1.165) is 32.1 Å². The maximum Gasteiger partial charge on any atom is 0.136 e. The fourth-order valence-electron chi connectivity index (χ4n) is 5.79. The predicted molar refractivity (Wildman–Crippen MR) is 132 cm³/mol. The summed E-state index contributed by atoms with van der Waals surface area (Å²) in [6.07, 6.45) is 7.52. The van der Waals surface area contributed by atoms with Crippen LogP contribution in [0.5, 0.6) is 0 Å². The molecule has 0 aromatic heterocycles. The molecule has 0 amide bonds. The van der Waals surface area contributed by atoms with Crippen molar-refractivity contribution in [2.24, 2.45) is 17.3 Å². The van der Waals surface area contributed by atoms with E-state index in [1.807, 2.05) is 18.2 Å². The van der Waals surface area contributed by atoms with Crippen LogP contribution in [0.2, 0.25) is 0 Å². The molecule has 0 bridgehead atoms. The van der Waals surface area contributed by atoms with Crippen molar-refractivity contribution in [3.63, 3.8) is 0 Å². The lowest BCUT2D eigenvalue weighted by atomic mass is 9.63. The fourth-order valence-corrected chi connectivity index (χ4v) is 5.79. The number of fused-ring (bicyclic) bond motifs is 1. The van der Waals surface area contributed by atoms with Crippen LogP contribution in [0, 0.1) is 17.3 Å². The lowest BCUT2D eigenvalue weighted by Crippen LogP contribution is -2.45. The Hall–Kier alpha value is -1.52. The molecule has 4 heteroatoms. The zero-order valence-corrected chi connectivity index (χ0v) is 21.4. The summed E-state index contributed by atoms with van der Waals surface area (Å²) in [7, 11) is 0. The molecule has 3 rings (SSSR count). The molecule has 0 N–H and O–H groups in total. The van der Waals surface area contributed by atoms with Gasteiger partial charge >= 0.3 is 0 Å². The number of hydrogen-bond donors (Lipinski definition) is 0. The molecule has 4 nitrogen and oxygen atoms in total. The third kappa shape index (κ3) is 7.48. The Morgan fingerprint density at radius 2 is 1.88 bits per heavy atom. The minimum absolute atomic E-state index is 0.00694. The van der Waals surface area contributed by atoms with E-state index in [9.17, 15) is 9.59 Å². The number of carbonyl (C=O) groups excluding carboxylic acids is 2. The third-order valence-electron chi connectivity index (χ3n) is 7.75. The summed E-state index contributed by atoms with van der Waals surface area (Å²) < 4.78 is 12.3. The van der Waals surface area contributed by atoms with Crippen LogP contribution in [0.3, 0.4) is 0 Å². The molecule has 0 heterocycles. The van der Waals surface area contributed by atoms with Gasteiger partial charge in [-0.05, 0) is 83.1 Å². The molecule has 33 heavy (non-hydrogen) atoms. The average molecular weight is 457 g/mol. The summed E-state index contributed by atoms with van der Waals surface area (Å²) in [6.45, 7) is 11.3. The highest BCUT2D eigenvalue weighted by Gasteiger charge is 2.53. The van der Waals surface area contributed by atoms with Crippen molar-refractivity contribution < 1.29 is 19.1 Å². The molecule has 5 atom stereocenters. The summed E-state index contributed by atoms with van der Waals surface area (Å²) in [4.78, 5) is 25.3. The van der Waals surface area contributed by atoms with Crippen LogP contribution in [0.15, 0.2) is 30.3 Å². The third-order valence-corrected chi connectivity index (χ3v) is 7.75. The van der Waals surface area contributed by atoms with Crippen LogP contribution in [0.25, 0.3) is 0 Å². The van der Waals surface area contributed by atoms with E-state index >= 15 is 0 Å². The smallest absolute Gasteiger partial charge is 0.136 e. The van der Waals surface area contributed by atoms with E-state index < -0.39 is 0 Å². The molecule has 2 aliphatic rings. The summed E-state index contributed by atoms with van der Waals surface area (Å²) in [5.41, 5.74) is 1.06. The Balaban J connectivity index is 1.39. The van der Waals surface area contributed by atoms with Gasteiger partial charge in [-0.25, -0.2) is 0 Å². The quantitative estimate of drug-likeness (QED) is 0.372. The van der Waals surface area contributed by atoms with E-state index in [-0.39, 0.29) is 34.9 Å². The minimum atomic E-state index is -0.169. The summed E-state index contributed by atoms with van der Waals surface area (Å²) in [5.74, 6) is 1.08. The van der Waals surface area contributed by atoms with Gasteiger partial charge in [-0.1, -0.05) is 37.3 Å². The van der Waals surface area contributed by atoms with E-state index in [2.05, 4.69) is 46.8 Å². The molecule has 1 aromatic rings. The molecule has 2 fully saturated rings. The van der Waals surface area contributed by atoms with E-state index in [4.69, 9.17) is 9.47 Å². The average Bonchev–Trinajstić information content (AvgIpc) is 3.05. The second-order valence-corrected chi connectivity index (χ2v) is 11.6. The largest absolute Gasteiger partial charge is 0.374 e. The highest BCUT2D eigenvalue weighted by atomic mass is 16.5. The molecule has 0 saturated heterocycles. The second-order valence-electron chi connectivity index (χ2n) is 11.6. The number of hydrogen-bond acceptors (Lipinski definition) is 4. The molecule has 0 unspecified atom stereocenters. The standard InChI is InChI=1S/C29H44O4/c1-21(32-20-22-11-7-6-8-12-22)10-9-13-25(30)16-14-23-19-29(5)24(18-26(23)31)15-17-27(29)33-28(2,3)4/h6-8,11-12,21,23-24,27H,9-10,13-20H2,1-5H3/t21-,23-,24+,27+,29+/m1/s1. The maximum atomic E-state index is 12.8. The Bertz CT molecular complexity index is 781. The Morgan fingerprint density at radius 1 is 1.15 bits per heavy atom. The molecule has 0 aliphatic heterocycles. The Labute approximate surface area is 200 Å². The van der Waals surface area contributed by atoms with Gasteiger partial charge < -0.3 is 9.47 Å². The molecule has 184 valence electrons. The van der Waals surface area contributed by atoms with Crippen molar-refractivity contribution in [2.75, 3.05) is 0 Å². The van der Waals surface area contributed by atoms with Crippen molar-refractivity contribution in [1.29, 1.82) is 0 Å². The number of benzene rings is 1. The maximum absolute atomic E-state index is 12.8. The number of carbonyl (C=O) groups is 2. The zero-order valence-electron chi connectivity index (χ0n) is 21.4. The van der Waals surface area contributed by atoms with Crippen molar-refractivity contribution in [1.82, 2.24) is 0 Å². The topological polar surface area (TPSA) is 52.6 Å². The van der Waals surface area contributed by atoms with Crippen LogP contribution in [0.1, 0.15) is 98.0 Å². The van der Waals surface area contributed by atoms with Gasteiger partial charge in [-0.15, -0.1) is 0 Å². The van der Waals surface area contributed by atoms with Crippen LogP contribution in [-0.4, -0.2) is 29.4 Å². The van der Waals surface area contributed by atoms with Gasteiger partial charge in [0.05, 0.1) is 24.4 Å². The lowest BCUT2D eigenvalue weighted by Gasteiger charge is -2.44. The van der Waals surface area contributed by atoms with Gasteiger partial charge in [0.15, 0.2) is 0 Å². The Morgan fingerprint density at radius 3 is 2.58 bits per heavy atom. The van der Waals surface area contributed by atoms with Gasteiger partial charge in [-0.2, -0.15) is 0 Å². The minimum Gasteiger partial charge on any atom is -0.374 e. The first kappa shape index (κ1) is 26.1. The van der Waals surface area contributed by atoms with Crippen molar-refractivity contribution in [2.45, 2.75) is 117 Å². The van der Waals surface area contributed by atoms with Gasteiger partial charge in [0.25, 0.3) is 0 Å². The molecular formula is C29H44O4. The number of ketones is 2. The highest BCUT2D eigenvalue weighted by molar-refractivity contribution is 5.84. The molecule has 2 saturated carbocycles. The summed E-state index contributed by atoms with van der Waals surface area (Å²) in [6, 6.07) is 10.2. The van der Waals surface area contributed by atoms with Gasteiger partial charge in [0.2, 0.25) is 0 Å². The van der Waals surface area contributed by atoms with Gasteiger partial charge in [0, 0.05) is 25.2 Å². The molecular weight excluding hydrogens is 412 g/mol. The summed E-state index contributed by atoms with van der Waals surface area (Å²) >= 11 is 0. The van der Waals surface area contributed by atoms with Crippen LogP contribution < -0.4 is 0 Å². The van der Waals surface area contributed by atoms with Crippen LogP contribution in [-0.2, 0) is 25.7 Å². The van der Waals surface area contributed by atoms with Crippen LogP contribution in [0.4, 0.5) is 0 Å². The van der Waals surface area contributed by atoms with Gasteiger partial charge in [-0.3, -0.25) is 9.59 Å². The first-order chi connectivity index (χ1) is 15.6. The zero-order chi connectivity index (χ0) is 24.1. The van der Waals surface area contributed by atoms with Gasteiger partial charge in [0.1, 0.15) is 11.6 Å². The fraction of sp³-hybridized carbons (Fsp3) is 0.724. The lowest BCUT2D eigenvalue weighted by molar-refractivity contribution is -0.143. The van der Waals surface area contributed by atoms with Crippen molar-refractivity contribution in [3.05, 3.63) is 35.9 Å². The molecule has 0 radical (unpaired) electrons. The molecule has 2 aliphatic carbocycles. The first-order valence-corrected chi connectivity index (χ1v) is 12.9. The molecule has 0 spiro atoms. The SMILES string of the molecule is C[C@H](CCCC(=O)CC[C@@H]1C[C@@]2(C)[C@@H](CC[C@@H]2OC(C)(C)C)CC1=O)OCc1ccccc1. The number of Topliss-reactive ketones (excluding diaryl/α,β-unsaturated/α-hetero) is 2. The summed E-state index contributed by atoms with van der Waals surface area (Å²) in [5, 5.41) is 0. The second kappa shape index (κ2) is 11.3. The monoisotopic (exact) mass is 456 g/mol. The number of rotatable bonds is 11. The number of ether oxygens (including phenoxy) is 2. The van der Waals surface area contributed by atoms with Crippen molar-refractivity contribution >= 4 is 11.6 Å². The normalized spacial score (nSPS) is 28.5. The Kier molecular flexibility index (Phi) is 8.91. The molecule has 1 aromatic carbocycles. The predicted octanol–water partition coefficient (Wildman–Crippen LogP) is 6.69.